The third-order valence-electron chi connectivity index (χ3n) is 5.18. The van der Waals surface area contributed by atoms with Crippen LogP contribution in [0, 0.1) is 0 Å². The Hall–Kier alpha value is -0.940. The maximum atomic E-state index is 13.3. The van der Waals surface area contributed by atoms with E-state index >= 15 is 0 Å². The molecule has 0 bridgehead atoms. The zero-order valence-corrected chi connectivity index (χ0v) is 15.9. The van der Waals surface area contributed by atoms with E-state index in [9.17, 15) is 14.8 Å². The molecule has 1 N–H and O–H groups in total. The van der Waals surface area contributed by atoms with Gasteiger partial charge in [0.1, 0.15) is 11.1 Å². The Labute approximate surface area is 141 Å². The van der Waals surface area contributed by atoms with Crippen LogP contribution in [0.25, 0.3) is 0 Å². The second-order valence-corrected chi connectivity index (χ2v) is 7.70. The summed E-state index contributed by atoms with van der Waals surface area (Å²) in [5.74, 6) is -0.524. The SMILES string of the molecule is CCCC1(CCC)C(=O)N(C(C)(C)C)C(=O)C(CC)(CC)N1O. The summed E-state index contributed by atoms with van der Waals surface area (Å²) in [6, 6.07) is 0. The van der Waals surface area contributed by atoms with Crippen LogP contribution in [-0.2, 0) is 9.59 Å². The lowest BCUT2D eigenvalue weighted by molar-refractivity contribution is -0.264. The summed E-state index contributed by atoms with van der Waals surface area (Å²) in [5.41, 5.74) is -2.63. The number of carbonyl (C=O) groups excluding carboxylic acids is 2. The Morgan fingerprint density at radius 3 is 1.57 bits per heavy atom. The van der Waals surface area contributed by atoms with Crippen molar-refractivity contribution in [2.75, 3.05) is 0 Å². The van der Waals surface area contributed by atoms with Crippen LogP contribution >= 0.6 is 0 Å². The predicted molar refractivity (Wildman–Crippen MR) is 91.1 cm³/mol. The second-order valence-electron chi connectivity index (χ2n) is 7.70. The Bertz CT molecular complexity index is 444. The number of hydroxylamine groups is 2. The molecule has 0 saturated carbocycles. The minimum absolute atomic E-state index is 0.251. The lowest BCUT2D eigenvalue weighted by Crippen LogP contribution is -2.78. The number of hydrogen-bond acceptors (Lipinski definition) is 4. The number of carbonyl (C=O) groups is 2. The highest BCUT2D eigenvalue weighted by atomic mass is 16.5. The van der Waals surface area contributed by atoms with Gasteiger partial charge in [-0.05, 0) is 46.5 Å². The van der Waals surface area contributed by atoms with Gasteiger partial charge < -0.3 is 5.21 Å². The molecule has 23 heavy (non-hydrogen) atoms. The Balaban J connectivity index is 3.63. The molecule has 0 aromatic rings. The molecule has 0 spiro atoms. The molecule has 1 aliphatic heterocycles. The van der Waals surface area contributed by atoms with Crippen molar-refractivity contribution in [3.05, 3.63) is 0 Å². The van der Waals surface area contributed by atoms with E-state index in [-0.39, 0.29) is 11.8 Å². The average molecular weight is 326 g/mol. The van der Waals surface area contributed by atoms with Gasteiger partial charge in [-0.15, -0.1) is 0 Å². The third kappa shape index (κ3) is 2.93. The molecule has 1 heterocycles. The summed E-state index contributed by atoms with van der Waals surface area (Å²) >= 11 is 0. The highest BCUT2D eigenvalue weighted by Crippen LogP contribution is 2.44. The average Bonchev–Trinajstić information content (AvgIpc) is 2.46. The van der Waals surface area contributed by atoms with Crippen molar-refractivity contribution < 1.29 is 14.8 Å². The van der Waals surface area contributed by atoms with Gasteiger partial charge in [-0.1, -0.05) is 40.5 Å². The predicted octanol–water partition coefficient (Wildman–Crippen LogP) is 3.74. The molecule has 1 saturated heterocycles. The van der Waals surface area contributed by atoms with Crippen LogP contribution in [0.5, 0.6) is 0 Å². The smallest absolute Gasteiger partial charge is 0.252 e. The van der Waals surface area contributed by atoms with Crippen molar-refractivity contribution in [1.82, 2.24) is 9.96 Å². The minimum Gasteiger partial charge on any atom is -0.312 e. The van der Waals surface area contributed by atoms with Crippen molar-refractivity contribution >= 4 is 11.8 Å². The first-order valence-electron chi connectivity index (χ1n) is 8.97. The van der Waals surface area contributed by atoms with E-state index in [1.807, 2.05) is 48.5 Å². The lowest BCUT2D eigenvalue weighted by Gasteiger charge is -2.57. The van der Waals surface area contributed by atoms with E-state index in [2.05, 4.69) is 0 Å². The summed E-state index contributed by atoms with van der Waals surface area (Å²) < 4.78 is 0. The van der Waals surface area contributed by atoms with E-state index in [0.29, 0.717) is 25.7 Å². The van der Waals surface area contributed by atoms with E-state index in [1.165, 1.54) is 4.90 Å². The third-order valence-corrected chi connectivity index (χ3v) is 5.18. The van der Waals surface area contributed by atoms with Crippen LogP contribution in [-0.4, -0.2) is 43.6 Å². The summed E-state index contributed by atoms with van der Waals surface area (Å²) in [6.07, 6.45) is 3.62. The number of rotatable bonds is 6. The largest absolute Gasteiger partial charge is 0.312 e. The Morgan fingerprint density at radius 1 is 0.870 bits per heavy atom. The standard InChI is InChI=1S/C18H34N2O3/c1-8-12-18(13-9-2)15(22)19(16(5,6)7)14(21)17(10-3,11-4)20(18)23/h23H,8-13H2,1-7H3. The lowest BCUT2D eigenvalue weighted by atomic mass is 9.75. The minimum atomic E-state index is -1.02. The Morgan fingerprint density at radius 2 is 1.26 bits per heavy atom. The van der Waals surface area contributed by atoms with E-state index in [1.54, 1.807) is 0 Å². The molecule has 1 rings (SSSR count). The molecule has 0 unspecified atom stereocenters. The van der Waals surface area contributed by atoms with Crippen LogP contribution in [0.15, 0.2) is 0 Å². The molecule has 1 fully saturated rings. The zero-order chi connectivity index (χ0) is 18.1. The molecule has 1 aliphatic rings. The molecule has 0 aromatic carbocycles. The molecular formula is C18H34N2O3. The number of nitrogens with zero attached hydrogens (tertiary/aromatic N) is 2. The van der Waals surface area contributed by atoms with Crippen molar-refractivity contribution in [3.63, 3.8) is 0 Å². The molecule has 2 amide bonds. The summed E-state index contributed by atoms with van der Waals surface area (Å²) in [6.45, 7) is 13.5. The first-order chi connectivity index (χ1) is 10.6. The fraction of sp³-hybridized carbons (Fsp3) is 0.889. The van der Waals surface area contributed by atoms with Gasteiger partial charge in [0.15, 0.2) is 0 Å². The van der Waals surface area contributed by atoms with Crippen molar-refractivity contribution in [3.8, 4) is 0 Å². The maximum absolute atomic E-state index is 13.3. The van der Waals surface area contributed by atoms with Gasteiger partial charge in [0, 0.05) is 5.54 Å². The number of piperazine rings is 1. The normalized spacial score (nSPS) is 21.8. The van der Waals surface area contributed by atoms with Crippen LogP contribution in [0.4, 0.5) is 0 Å². The summed E-state index contributed by atoms with van der Waals surface area (Å²) in [5, 5.41) is 12.2. The quantitative estimate of drug-likeness (QED) is 0.755. The van der Waals surface area contributed by atoms with Gasteiger partial charge in [-0.2, -0.15) is 5.06 Å². The first-order valence-corrected chi connectivity index (χ1v) is 8.97. The van der Waals surface area contributed by atoms with Crippen LogP contribution < -0.4 is 0 Å². The van der Waals surface area contributed by atoms with Gasteiger partial charge in [-0.25, -0.2) is 0 Å². The van der Waals surface area contributed by atoms with Gasteiger partial charge in [0.2, 0.25) is 0 Å². The number of imide groups is 1. The second kappa shape index (κ2) is 6.89. The molecule has 0 aliphatic carbocycles. The summed E-state index contributed by atoms with van der Waals surface area (Å²) in [4.78, 5) is 27.9. The van der Waals surface area contributed by atoms with E-state index in [4.69, 9.17) is 0 Å². The summed E-state index contributed by atoms with van der Waals surface area (Å²) in [7, 11) is 0. The van der Waals surface area contributed by atoms with Crippen molar-refractivity contribution in [2.24, 2.45) is 0 Å². The molecule has 0 aromatic heterocycles. The van der Waals surface area contributed by atoms with Gasteiger partial charge in [-0.3, -0.25) is 14.5 Å². The van der Waals surface area contributed by atoms with Gasteiger partial charge in [0.05, 0.1) is 0 Å². The van der Waals surface area contributed by atoms with Gasteiger partial charge in [0.25, 0.3) is 11.8 Å². The van der Waals surface area contributed by atoms with Gasteiger partial charge >= 0.3 is 0 Å². The van der Waals surface area contributed by atoms with Crippen molar-refractivity contribution in [2.45, 2.75) is 104 Å². The highest BCUT2D eigenvalue weighted by molar-refractivity contribution is 6.07. The molecule has 0 atom stereocenters. The molecule has 5 nitrogen and oxygen atoms in total. The van der Waals surface area contributed by atoms with Crippen LogP contribution in [0.1, 0.15) is 87.0 Å². The van der Waals surface area contributed by atoms with Crippen molar-refractivity contribution in [1.29, 1.82) is 0 Å². The molecule has 0 radical (unpaired) electrons. The number of hydrogen-bond donors (Lipinski definition) is 1. The number of amides is 2. The Kier molecular flexibility index (Phi) is 6.03. The van der Waals surface area contributed by atoms with E-state index in [0.717, 1.165) is 17.9 Å². The molecular weight excluding hydrogens is 292 g/mol. The molecule has 134 valence electrons. The fourth-order valence-electron chi connectivity index (χ4n) is 3.94. The highest BCUT2D eigenvalue weighted by Gasteiger charge is 2.63. The van der Waals surface area contributed by atoms with E-state index < -0.39 is 16.6 Å². The van der Waals surface area contributed by atoms with Crippen LogP contribution in [0.3, 0.4) is 0 Å². The monoisotopic (exact) mass is 326 g/mol. The van der Waals surface area contributed by atoms with Crippen LogP contribution in [0.2, 0.25) is 0 Å². The first kappa shape index (κ1) is 20.1. The fourth-order valence-corrected chi connectivity index (χ4v) is 3.94. The maximum Gasteiger partial charge on any atom is 0.252 e. The zero-order valence-electron chi connectivity index (χ0n) is 15.9. The molecule has 5 heteroatoms. The topological polar surface area (TPSA) is 60.9 Å².